The van der Waals surface area contributed by atoms with Crippen LogP contribution in [0.3, 0.4) is 0 Å². The van der Waals surface area contributed by atoms with E-state index in [1.165, 1.54) is 0 Å². The van der Waals surface area contributed by atoms with Gasteiger partial charge in [0.2, 0.25) is 5.82 Å². The van der Waals surface area contributed by atoms with Crippen LogP contribution in [0.5, 0.6) is 5.75 Å². The van der Waals surface area contributed by atoms with Crippen molar-refractivity contribution in [2.24, 2.45) is 0 Å². The molecule has 0 aliphatic carbocycles. The molecule has 2 heterocycles. The molecule has 0 fully saturated rings. The van der Waals surface area contributed by atoms with Gasteiger partial charge in [-0.1, -0.05) is 9.64 Å². The summed E-state index contributed by atoms with van der Waals surface area (Å²) in [5, 5.41) is 7.44. The van der Waals surface area contributed by atoms with Crippen LogP contribution in [0.15, 0.2) is 22.7 Å². The molecular weight excluding hydrogens is 414 g/mol. The van der Waals surface area contributed by atoms with Crippen molar-refractivity contribution in [3.8, 4) is 27.9 Å². The average molecular weight is 424 g/mol. The summed E-state index contributed by atoms with van der Waals surface area (Å²) in [5.41, 5.74) is -1.01. The van der Waals surface area contributed by atoms with Crippen molar-refractivity contribution in [2.75, 3.05) is 0 Å². The molecule has 1 unspecified atom stereocenters. The predicted molar refractivity (Wildman–Crippen MR) is 84.5 cm³/mol. The van der Waals surface area contributed by atoms with Crippen molar-refractivity contribution in [3.05, 3.63) is 29.5 Å². The summed E-state index contributed by atoms with van der Waals surface area (Å²) < 4.78 is 91.0. The Kier molecular flexibility index (Phi) is 5.04. The summed E-state index contributed by atoms with van der Waals surface area (Å²) in [6.45, 7) is 2.26. The van der Waals surface area contributed by atoms with E-state index in [-0.39, 0.29) is 17.3 Å². The monoisotopic (exact) mass is 424 g/mol. The molecule has 0 amide bonds. The van der Waals surface area contributed by atoms with E-state index < -0.39 is 29.8 Å². The molecule has 6 nitrogen and oxygen atoms in total. The summed E-state index contributed by atoms with van der Waals surface area (Å²) in [7, 11) is 0. The van der Waals surface area contributed by atoms with Gasteiger partial charge >= 0.3 is 12.4 Å². The third kappa shape index (κ3) is 4.08. The first-order valence-corrected chi connectivity index (χ1v) is 8.32. The molecule has 0 saturated carbocycles. The van der Waals surface area contributed by atoms with E-state index in [0.717, 1.165) is 23.7 Å². The second-order valence-corrected chi connectivity index (χ2v) is 6.38. The van der Waals surface area contributed by atoms with E-state index in [9.17, 15) is 26.3 Å². The quantitative estimate of drug-likeness (QED) is 0.554. The number of aromatic nitrogens is 4. The summed E-state index contributed by atoms with van der Waals surface area (Å²) in [6.07, 6.45) is -12.2. The fourth-order valence-corrected chi connectivity index (χ4v) is 2.70. The Labute approximate surface area is 157 Å². The van der Waals surface area contributed by atoms with Crippen LogP contribution < -0.4 is 4.74 Å². The van der Waals surface area contributed by atoms with E-state index in [4.69, 9.17) is 4.52 Å². The molecule has 0 radical (unpaired) electrons. The summed E-state index contributed by atoms with van der Waals surface area (Å²) in [5.74, 6) is -1.12. The van der Waals surface area contributed by atoms with Crippen LogP contribution in [0.2, 0.25) is 0 Å². The van der Waals surface area contributed by atoms with Gasteiger partial charge in [0.05, 0.1) is 11.3 Å². The molecule has 0 N–H and O–H groups in total. The Morgan fingerprint density at radius 1 is 1.14 bits per heavy atom. The van der Waals surface area contributed by atoms with Gasteiger partial charge in [0, 0.05) is 5.56 Å². The molecule has 0 spiro atoms. The zero-order chi connectivity index (χ0) is 20.7. The van der Waals surface area contributed by atoms with Crippen LogP contribution in [0.1, 0.15) is 18.2 Å². The molecule has 1 aromatic carbocycles. The topological polar surface area (TPSA) is 73.9 Å². The maximum atomic E-state index is 13.3. The fourth-order valence-electron chi connectivity index (χ4n) is 2.11. The van der Waals surface area contributed by atoms with Gasteiger partial charge in [0.1, 0.15) is 10.6 Å². The Balaban J connectivity index is 1.98. The second kappa shape index (κ2) is 7.04. The first-order valence-electron chi connectivity index (χ1n) is 7.55. The molecule has 2 aromatic heterocycles. The first-order chi connectivity index (χ1) is 13.0. The molecular formula is C15H10F6N4O2S. The number of rotatable bonds is 4. The largest absolute Gasteiger partial charge is 0.481 e. The van der Waals surface area contributed by atoms with Crippen molar-refractivity contribution in [3.63, 3.8) is 0 Å². The molecule has 0 aliphatic rings. The van der Waals surface area contributed by atoms with E-state index in [2.05, 4.69) is 24.5 Å². The lowest BCUT2D eigenvalue weighted by molar-refractivity contribution is -0.191. The maximum Gasteiger partial charge on any atom is 0.425 e. The number of hydrogen-bond acceptors (Lipinski definition) is 7. The zero-order valence-electron chi connectivity index (χ0n) is 14.1. The van der Waals surface area contributed by atoms with E-state index in [1.807, 2.05) is 0 Å². The van der Waals surface area contributed by atoms with Gasteiger partial charge in [-0.15, -0.1) is 5.10 Å². The lowest BCUT2D eigenvalue weighted by Gasteiger charge is -2.20. The summed E-state index contributed by atoms with van der Waals surface area (Å²) >= 11 is 0.977. The number of benzene rings is 1. The lowest BCUT2D eigenvalue weighted by atomic mass is 10.1. The highest BCUT2D eigenvalue weighted by Gasteiger charge is 2.41. The molecule has 3 aromatic rings. The number of halogens is 6. The smallest absolute Gasteiger partial charge is 0.425 e. The Bertz CT molecular complexity index is 982. The van der Waals surface area contributed by atoms with Gasteiger partial charge in [-0.3, -0.25) is 0 Å². The van der Waals surface area contributed by atoms with E-state index >= 15 is 0 Å². The SMILES string of the molecule is Cc1nnsc1-c1noc(-c2ccc(OC(C)C(F)(F)F)c(C(F)(F)F)c2)n1. The standard InChI is InChI=1S/C15H10F6N4O2S/c1-6-11(28-25-23-6)12-22-13(27-24-12)8-3-4-10(9(5-8)15(19,20)21)26-7(2)14(16,17)18/h3-5,7H,1-2H3. The van der Waals surface area contributed by atoms with E-state index in [1.54, 1.807) is 6.92 Å². The van der Waals surface area contributed by atoms with Gasteiger partial charge in [-0.05, 0) is 43.6 Å². The highest BCUT2D eigenvalue weighted by atomic mass is 32.1. The highest BCUT2D eigenvalue weighted by molar-refractivity contribution is 7.09. The lowest BCUT2D eigenvalue weighted by Crippen LogP contribution is -2.31. The predicted octanol–water partition coefficient (Wildman–Crippen LogP) is 4.91. The van der Waals surface area contributed by atoms with Crippen LogP contribution in [0, 0.1) is 6.92 Å². The summed E-state index contributed by atoms with van der Waals surface area (Å²) in [4.78, 5) is 4.48. The third-order valence-corrected chi connectivity index (χ3v) is 4.40. The van der Waals surface area contributed by atoms with Crippen LogP contribution in [0.4, 0.5) is 26.3 Å². The summed E-state index contributed by atoms with van der Waals surface area (Å²) in [6, 6.07) is 2.47. The second-order valence-electron chi connectivity index (χ2n) is 5.62. The Morgan fingerprint density at radius 3 is 2.43 bits per heavy atom. The Morgan fingerprint density at radius 2 is 1.86 bits per heavy atom. The minimum atomic E-state index is -4.96. The minimum Gasteiger partial charge on any atom is -0.481 e. The van der Waals surface area contributed by atoms with Crippen LogP contribution >= 0.6 is 11.5 Å². The molecule has 0 saturated heterocycles. The van der Waals surface area contributed by atoms with Gasteiger partial charge in [-0.25, -0.2) is 0 Å². The molecule has 1 atom stereocenters. The molecule has 3 rings (SSSR count). The number of ether oxygens (including phenoxy) is 1. The van der Waals surface area contributed by atoms with Crippen molar-refractivity contribution >= 4 is 11.5 Å². The number of hydrogen-bond donors (Lipinski definition) is 0. The Hall–Kier alpha value is -2.70. The molecule has 28 heavy (non-hydrogen) atoms. The highest BCUT2D eigenvalue weighted by Crippen LogP contribution is 2.40. The van der Waals surface area contributed by atoms with Crippen LogP contribution in [-0.2, 0) is 6.18 Å². The van der Waals surface area contributed by atoms with Crippen molar-refractivity contribution in [1.82, 2.24) is 19.7 Å². The van der Waals surface area contributed by atoms with Crippen LogP contribution in [-0.4, -0.2) is 32.0 Å². The molecule has 0 bridgehead atoms. The van der Waals surface area contributed by atoms with E-state index in [0.29, 0.717) is 23.6 Å². The average Bonchev–Trinajstić information content (AvgIpc) is 3.22. The maximum absolute atomic E-state index is 13.3. The van der Waals surface area contributed by atoms with Crippen molar-refractivity contribution in [1.29, 1.82) is 0 Å². The van der Waals surface area contributed by atoms with Gasteiger partial charge in [0.15, 0.2) is 6.10 Å². The zero-order valence-corrected chi connectivity index (χ0v) is 14.9. The number of aryl methyl sites for hydroxylation is 1. The van der Waals surface area contributed by atoms with Crippen LogP contribution in [0.25, 0.3) is 22.2 Å². The molecule has 0 aliphatic heterocycles. The van der Waals surface area contributed by atoms with Crippen molar-refractivity contribution in [2.45, 2.75) is 32.3 Å². The first kappa shape index (κ1) is 20.0. The van der Waals surface area contributed by atoms with Gasteiger partial charge in [0.25, 0.3) is 5.89 Å². The normalized spacial score (nSPS) is 13.6. The van der Waals surface area contributed by atoms with Crippen molar-refractivity contribution < 1.29 is 35.6 Å². The number of alkyl halides is 6. The third-order valence-electron chi connectivity index (χ3n) is 3.58. The minimum absolute atomic E-state index is 0.0853. The molecule has 150 valence electrons. The van der Waals surface area contributed by atoms with Gasteiger partial charge in [-0.2, -0.15) is 31.3 Å². The molecule has 13 heteroatoms. The van der Waals surface area contributed by atoms with Gasteiger partial charge < -0.3 is 9.26 Å². The fraction of sp³-hybridized carbons (Fsp3) is 0.333. The number of nitrogens with zero attached hydrogens (tertiary/aromatic N) is 4.